The smallest absolute Gasteiger partial charge is 0.308 e. The molecular formula is C10H10O5. The van der Waals surface area contributed by atoms with Crippen molar-refractivity contribution in [2.24, 2.45) is 0 Å². The summed E-state index contributed by atoms with van der Waals surface area (Å²) in [5.74, 6) is -1.47. The van der Waals surface area contributed by atoms with Gasteiger partial charge in [-0.3, -0.25) is 9.59 Å². The highest BCUT2D eigenvalue weighted by molar-refractivity contribution is 5.72. The number of rotatable bonds is 3. The van der Waals surface area contributed by atoms with Crippen molar-refractivity contribution >= 4 is 11.9 Å². The molecule has 1 aromatic rings. The molecular weight excluding hydrogens is 200 g/mol. The van der Waals surface area contributed by atoms with Crippen molar-refractivity contribution in [1.82, 2.24) is 0 Å². The van der Waals surface area contributed by atoms with E-state index in [2.05, 4.69) is 0 Å². The van der Waals surface area contributed by atoms with Crippen LogP contribution in [0.5, 0.6) is 11.5 Å². The second-order valence-electron chi connectivity index (χ2n) is 2.95. The van der Waals surface area contributed by atoms with Crippen LogP contribution in [-0.2, 0) is 16.0 Å². The number of hydrogen-bond acceptors (Lipinski definition) is 4. The molecule has 0 radical (unpaired) electrons. The van der Waals surface area contributed by atoms with Crippen molar-refractivity contribution in [3.8, 4) is 11.5 Å². The van der Waals surface area contributed by atoms with Gasteiger partial charge in [0.15, 0.2) is 0 Å². The van der Waals surface area contributed by atoms with Crippen LogP contribution in [0.3, 0.4) is 0 Å². The number of aromatic hydroxyl groups is 1. The SMILES string of the molecule is CC(=O)Oc1ccc(O)c(CC(=O)O)c1. The normalized spacial score (nSPS) is 9.67. The summed E-state index contributed by atoms with van der Waals surface area (Å²) >= 11 is 0. The Kier molecular flexibility index (Phi) is 3.28. The zero-order valence-corrected chi connectivity index (χ0v) is 8.06. The molecule has 0 saturated heterocycles. The minimum Gasteiger partial charge on any atom is -0.508 e. The van der Waals surface area contributed by atoms with Gasteiger partial charge in [-0.2, -0.15) is 0 Å². The van der Waals surface area contributed by atoms with Gasteiger partial charge in [0.05, 0.1) is 6.42 Å². The summed E-state index contributed by atoms with van der Waals surface area (Å²) in [6.07, 6.45) is -0.319. The lowest BCUT2D eigenvalue weighted by molar-refractivity contribution is -0.136. The van der Waals surface area contributed by atoms with Crippen molar-refractivity contribution < 1.29 is 24.5 Å². The summed E-state index contributed by atoms with van der Waals surface area (Å²) in [5, 5.41) is 17.9. The van der Waals surface area contributed by atoms with E-state index in [4.69, 9.17) is 9.84 Å². The first-order valence-electron chi connectivity index (χ1n) is 4.21. The van der Waals surface area contributed by atoms with Crippen LogP contribution in [0.1, 0.15) is 12.5 Å². The van der Waals surface area contributed by atoms with Crippen molar-refractivity contribution in [1.29, 1.82) is 0 Å². The van der Waals surface area contributed by atoms with Gasteiger partial charge in [-0.25, -0.2) is 0 Å². The van der Waals surface area contributed by atoms with E-state index in [1.807, 2.05) is 0 Å². The van der Waals surface area contributed by atoms with Crippen LogP contribution in [0.15, 0.2) is 18.2 Å². The van der Waals surface area contributed by atoms with Crippen LogP contribution >= 0.6 is 0 Å². The number of aliphatic carboxylic acids is 1. The summed E-state index contributed by atoms with van der Waals surface area (Å²) in [4.78, 5) is 21.1. The molecule has 1 rings (SSSR count). The lowest BCUT2D eigenvalue weighted by Gasteiger charge is -2.05. The molecule has 0 amide bonds. The molecule has 0 atom stereocenters. The quantitative estimate of drug-likeness (QED) is 0.573. The molecule has 0 aliphatic rings. The Labute approximate surface area is 85.9 Å². The molecule has 15 heavy (non-hydrogen) atoms. The van der Waals surface area contributed by atoms with E-state index >= 15 is 0 Å². The number of ether oxygens (including phenoxy) is 1. The van der Waals surface area contributed by atoms with Crippen molar-refractivity contribution in [2.75, 3.05) is 0 Å². The average molecular weight is 210 g/mol. The van der Waals surface area contributed by atoms with E-state index in [-0.39, 0.29) is 23.5 Å². The number of esters is 1. The molecule has 2 N–H and O–H groups in total. The largest absolute Gasteiger partial charge is 0.508 e. The molecule has 0 saturated carbocycles. The lowest BCUT2D eigenvalue weighted by atomic mass is 10.1. The van der Waals surface area contributed by atoms with Gasteiger partial charge < -0.3 is 14.9 Å². The van der Waals surface area contributed by atoms with Crippen LogP contribution in [0.25, 0.3) is 0 Å². The minimum atomic E-state index is -1.06. The Morgan fingerprint density at radius 3 is 2.60 bits per heavy atom. The van der Waals surface area contributed by atoms with E-state index in [1.165, 1.54) is 25.1 Å². The second kappa shape index (κ2) is 4.45. The van der Waals surface area contributed by atoms with Gasteiger partial charge in [0.25, 0.3) is 0 Å². The summed E-state index contributed by atoms with van der Waals surface area (Å²) in [6, 6.07) is 4.00. The van der Waals surface area contributed by atoms with Crippen LogP contribution < -0.4 is 4.74 Å². The van der Waals surface area contributed by atoms with Gasteiger partial charge in [-0.15, -0.1) is 0 Å². The lowest BCUT2D eigenvalue weighted by Crippen LogP contribution is -2.04. The molecule has 5 heteroatoms. The molecule has 5 nitrogen and oxygen atoms in total. The van der Waals surface area contributed by atoms with E-state index < -0.39 is 11.9 Å². The number of carbonyl (C=O) groups excluding carboxylic acids is 1. The fourth-order valence-corrected chi connectivity index (χ4v) is 1.10. The van der Waals surface area contributed by atoms with Crippen molar-refractivity contribution in [3.05, 3.63) is 23.8 Å². The number of phenols is 1. The van der Waals surface area contributed by atoms with E-state index in [0.29, 0.717) is 0 Å². The van der Waals surface area contributed by atoms with Crippen LogP contribution in [-0.4, -0.2) is 22.2 Å². The molecule has 0 aliphatic heterocycles. The molecule has 0 bridgehead atoms. The Balaban J connectivity index is 2.94. The Morgan fingerprint density at radius 1 is 1.40 bits per heavy atom. The zero-order valence-electron chi connectivity index (χ0n) is 8.06. The highest BCUT2D eigenvalue weighted by Crippen LogP contribution is 2.23. The van der Waals surface area contributed by atoms with Gasteiger partial charge in [0, 0.05) is 12.5 Å². The summed E-state index contributed by atoms with van der Waals surface area (Å²) in [7, 11) is 0. The van der Waals surface area contributed by atoms with E-state index in [1.54, 1.807) is 0 Å². The first-order valence-corrected chi connectivity index (χ1v) is 4.21. The molecule has 0 heterocycles. The first-order chi connectivity index (χ1) is 6.99. The summed E-state index contributed by atoms with van der Waals surface area (Å²) < 4.78 is 4.75. The standard InChI is InChI=1S/C10H10O5/c1-6(11)15-8-2-3-9(12)7(4-8)5-10(13)14/h2-4,12H,5H2,1H3,(H,13,14). The molecule has 0 aliphatic carbocycles. The fourth-order valence-electron chi connectivity index (χ4n) is 1.10. The predicted octanol–water partition coefficient (Wildman–Crippen LogP) is 0.945. The monoisotopic (exact) mass is 210 g/mol. The average Bonchev–Trinajstić information content (AvgIpc) is 2.09. The third-order valence-corrected chi connectivity index (χ3v) is 1.65. The Hall–Kier alpha value is -2.04. The molecule has 1 aromatic carbocycles. The molecule has 0 aromatic heterocycles. The van der Waals surface area contributed by atoms with Gasteiger partial charge in [-0.05, 0) is 18.2 Å². The minimum absolute atomic E-state index is 0.131. The summed E-state index contributed by atoms with van der Waals surface area (Å²) in [6.45, 7) is 1.24. The molecule has 0 fully saturated rings. The number of hydrogen-bond donors (Lipinski definition) is 2. The van der Waals surface area contributed by atoms with Crippen molar-refractivity contribution in [3.63, 3.8) is 0 Å². The van der Waals surface area contributed by atoms with Crippen LogP contribution in [0, 0.1) is 0 Å². The zero-order chi connectivity index (χ0) is 11.4. The maximum atomic E-state index is 10.6. The van der Waals surface area contributed by atoms with Gasteiger partial charge in [0.1, 0.15) is 11.5 Å². The number of carboxylic acid groups (broad SMARTS) is 1. The van der Waals surface area contributed by atoms with Crippen LogP contribution in [0.4, 0.5) is 0 Å². The number of benzene rings is 1. The molecule has 0 spiro atoms. The maximum absolute atomic E-state index is 10.6. The first kappa shape index (κ1) is 11.0. The Morgan fingerprint density at radius 2 is 2.07 bits per heavy atom. The third-order valence-electron chi connectivity index (χ3n) is 1.65. The second-order valence-corrected chi connectivity index (χ2v) is 2.95. The molecule has 80 valence electrons. The van der Waals surface area contributed by atoms with E-state index in [0.717, 1.165) is 0 Å². The fraction of sp³-hybridized carbons (Fsp3) is 0.200. The summed E-state index contributed by atoms with van der Waals surface area (Å²) in [5.41, 5.74) is 0.209. The van der Waals surface area contributed by atoms with Crippen molar-refractivity contribution in [2.45, 2.75) is 13.3 Å². The van der Waals surface area contributed by atoms with Gasteiger partial charge in [0.2, 0.25) is 0 Å². The highest BCUT2D eigenvalue weighted by Gasteiger charge is 2.08. The van der Waals surface area contributed by atoms with Gasteiger partial charge in [-0.1, -0.05) is 0 Å². The van der Waals surface area contributed by atoms with E-state index in [9.17, 15) is 14.7 Å². The number of carbonyl (C=O) groups is 2. The van der Waals surface area contributed by atoms with Gasteiger partial charge >= 0.3 is 11.9 Å². The predicted molar refractivity (Wildman–Crippen MR) is 50.8 cm³/mol. The Bertz CT molecular complexity index is 397. The topological polar surface area (TPSA) is 83.8 Å². The van der Waals surface area contributed by atoms with Crippen LogP contribution in [0.2, 0.25) is 0 Å². The third kappa shape index (κ3) is 3.30. The number of carboxylic acids is 1. The molecule has 0 unspecified atom stereocenters. The number of phenolic OH excluding ortho intramolecular Hbond substituents is 1. The highest BCUT2D eigenvalue weighted by atomic mass is 16.5. The maximum Gasteiger partial charge on any atom is 0.308 e.